The van der Waals surface area contributed by atoms with E-state index in [4.69, 9.17) is 5.73 Å². The molecule has 2 aromatic rings. The second-order valence-electron chi connectivity index (χ2n) is 6.40. The van der Waals surface area contributed by atoms with Gasteiger partial charge in [-0.3, -0.25) is 0 Å². The minimum absolute atomic E-state index is 0.125. The van der Waals surface area contributed by atoms with Crippen LogP contribution in [0.25, 0.3) is 0 Å². The molecule has 3 rings (SSSR count). The van der Waals surface area contributed by atoms with Gasteiger partial charge in [0.1, 0.15) is 0 Å². The minimum Gasteiger partial charge on any atom is -0.396 e. The third-order valence-electron chi connectivity index (χ3n) is 4.97. The normalized spacial score (nSPS) is 26.3. The summed E-state index contributed by atoms with van der Waals surface area (Å²) >= 11 is 3.38. The molecule has 1 saturated carbocycles. The number of aliphatic hydroxyl groups excluding tert-OH is 1. The number of halogens is 1. The maximum absolute atomic E-state index is 13.1. The summed E-state index contributed by atoms with van der Waals surface area (Å²) in [7, 11) is -3.57. The molecule has 1 fully saturated rings. The van der Waals surface area contributed by atoms with Gasteiger partial charge in [0.05, 0.1) is 16.8 Å². The van der Waals surface area contributed by atoms with Crippen LogP contribution in [0, 0.1) is 12.3 Å². The Labute approximate surface area is 150 Å². The van der Waals surface area contributed by atoms with Gasteiger partial charge in [0, 0.05) is 22.4 Å². The molecule has 0 unspecified atom stereocenters. The molecule has 0 bridgehead atoms. The topological polar surface area (TPSA) is 80.4 Å². The third kappa shape index (κ3) is 2.71. The first kappa shape index (κ1) is 17.6. The molecule has 1 aliphatic rings. The number of sulfone groups is 1. The minimum atomic E-state index is -3.57. The van der Waals surface area contributed by atoms with E-state index >= 15 is 0 Å². The van der Waals surface area contributed by atoms with Gasteiger partial charge in [-0.15, -0.1) is 0 Å². The lowest BCUT2D eigenvalue weighted by Gasteiger charge is -2.12. The second-order valence-corrected chi connectivity index (χ2v) is 9.39. The molecular formula is C18H20BrNO3S. The Hall–Kier alpha value is -1.21. The van der Waals surface area contributed by atoms with Crippen molar-refractivity contribution in [2.45, 2.75) is 23.0 Å². The van der Waals surface area contributed by atoms with Crippen molar-refractivity contribution >= 4 is 25.8 Å². The average molecular weight is 410 g/mol. The van der Waals surface area contributed by atoms with Gasteiger partial charge < -0.3 is 10.8 Å². The quantitative estimate of drug-likeness (QED) is 0.794. The van der Waals surface area contributed by atoms with E-state index in [-0.39, 0.29) is 24.0 Å². The van der Waals surface area contributed by atoms with Gasteiger partial charge >= 0.3 is 0 Å². The van der Waals surface area contributed by atoms with Crippen molar-refractivity contribution in [3.05, 3.63) is 64.1 Å². The maximum Gasteiger partial charge on any atom is 0.182 e. The van der Waals surface area contributed by atoms with E-state index in [2.05, 4.69) is 15.9 Å². The largest absolute Gasteiger partial charge is 0.396 e. The Morgan fingerprint density at radius 2 is 1.71 bits per heavy atom. The van der Waals surface area contributed by atoms with Crippen molar-refractivity contribution in [2.24, 2.45) is 11.1 Å². The number of nitrogens with two attached hydrogens (primary N) is 1. The highest BCUT2D eigenvalue weighted by atomic mass is 79.9. The summed E-state index contributed by atoms with van der Waals surface area (Å²) in [4.78, 5) is 0.281. The van der Waals surface area contributed by atoms with E-state index in [0.29, 0.717) is 0 Å². The third-order valence-corrected chi connectivity index (χ3v) is 7.84. The maximum atomic E-state index is 13.1. The molecule has 0 aromatic heterocycles. The number of aliphatic hydroxyl groups is 1. The predicted octanol–water partition coefficient (Wildman–Crippen LogP) is 2.63. The molecule has 0 saturated heterocycles. The summed E-state index contributed by atoms with van der Waals surface area (Å²) < 4.78 is 27.2. The zero-order valence-electron chi connectivity index (χ0n) is 13.3. The van der Waals surface area contributed by atoms with Crippen LogP contribution in [0.15, 0.2) is 57.9 Å². The molecule has 0 radical (unpaired) electrons. The number of benzene rings is 2. The number of rotatable bonds is 5. The van der Waals surface area contributed by atoms with E-state index in [1.54, 1.807) is 24.3 Å². The predicted molar refractivity (Wildman–Crippen MR) is 97.6 cm³/mol. The highest BCUT2D eigenvalue weighted by molar-refractivity contribution is 9.10. The summed E-state index contributed by atoms with van der Waals surface area (Å²) in [6, 6.07) is 14.4. The number of hydrogen-bond acceptors (Lipinski definition) is 4. The molecule has 4 nitrogen and oxygen atoms in total. The van der Waals surface area contributed by atoms with Crippen LogP contribution >= 0.6 is 15.9 Å². The van der Waals surface area contributed by atoms with Gasteiger partial charge in [0.25, 0.3) is 0 Å². The standard InChI is InChI=1S/C18H20BrNO3S/c1-12-2-8-15(9-3-12)24(22,23)17-16(18(17,10-20)11-21)13-4-6-14(19)7-5-13/h2-9,16-17,21H,10-11,20H2,1H3/t16-,17+,18+/m0/s1. The smallest absolute Gasteiger partial charge is 0.182 e. The molecule has 1 aliphatic carbocycles. The first-order valence-electron chi connectivity index (χ1n) is 7.74. The van der Waals surface area contributed by atoms with Crippen LogP contribution in [0.4, 0.5) is 0 Å². The molecule has 2 aromatic carbocycles. The van der Waals surface area contributed by atoms with E-state index in [1.165, 1.54) is 0 Å². The lowest BCUT2D eigenvalue weighted by Crippen LogP contribution is -2.27. The van der Waals surface area contributed by atoms with Crippen molar-refractivity contribution in [1.82, 2.24) is 0 Å². The highest BCUT2D eigenvalue weighted by Gasteiger charge is 2.70. The molecular weight excluding hydrogens is 390 g/mol. The Bertz CT molecular complexity index is 828. The van der Waals surface area contributed by atoms with Gasteiger partial charge in [0.2, 0.25) is 0 Å². The Morgan fingerprint density at radius 1 is 1.12 bits per heavy atom. The Balaban J connectivity index is 2.04. The molecule has 3 N–H and O–H groups in total. The Kier molecular flexibility index (Phi) is 4.59. The average Bonchev–Trinajstić information content (AvgIpc) is 3.26. The zero-order valence-corrected chi connectivity index (χ0v) is 15.7. The fourth-order valence-corrected chi connectivity index (χ4v) is 6.21. The van der Waals surface area contributed by atoms with Crippen LogP contribution in [-0.2, 0) is 9.84 Å². The summed E-state index contributed by atoms with van der Waals surface area (Å²) in [5, 5.41) is 9.21. The molecule has 0 spiro atoms. The Morgan fingerprint density at radius 3 is 2.21 bits per heavy atom. The SMILES string of the molecule is Cc1ccc(S(=O)(=O)[C@@H]2[C@H](c3ccc(Br)cc3)[C@@]2(CN)CO)cc1. The van der Waals surface area contributed by atoms with Crippen molar-refractivity contribution in [3.8, 4) is 0 Å². The van der Waals surface area contributed by atoms with E-state index in [1.807, 2.05) is 31.2 Å². The van der Waals surface area contributed by atoms with Gasteiger partial charge in [-0.25, -0.2) is 8.42 Å². The molecule has 3 atom stereocenters. The first-order chi connectivity index (χ1) is 11.4. The van der Waals surface area contributed by atoms with Gasteiger partial charge in [-0.1, -0.05) is 45.8 Å². The molecule has 128 valence electrons. The lowest BCUT2D eigenvalue weighted by atomic mass is 10.0. The lowest BCUT2D eigenvalue weighted by molar-refractivity contribution is 0.212. The molecule has 24 heavy (non-hydrogen) atoms. The fraction of sp³-hybridized carbons (Fsp3) is 0.333. The van der Waals surface area contributed by atoms with E-state index < -0.39 is 20.5 Å². The van der Waals surface area contributed by atoms with Gasteiger partial charge in [-0.05, 0) is 36.8 Å². The summed E-state index contributed by atoms with van der Waals surface area (Å²) in [5.41, 5.74) is 6.96. The fourth-order valence-electron chi connectivity index (χ4n) is 3.49. The van der Waals surface area contributed by atoms with Crippen LogP contribution in [-0.4, -0.2) is 31.9 Å². The number of aryl methyl sites for hydroxylation is 1. The summed E-state index contributed by atoms with van der Waals surface area (Å²) in [6.07, 6.45) is 0. The van der Waals surface area contributed by atoms with Crippen LogP contribution in [0.2, 0.25) is 0 Å². The highest BCUT2D eigenvalue weighted by Crippen LogP contribution is 2.63. The monoisotopic (exact) mass is 409 g/mol. The summed E-state index contributed by atoms with van der Waals surface area (Å²) in [5.74, 6) is -0.299. The molecule has 6 heteroatoms. The van der Waals surface area contributed by atoms with Crippen LogP contribution < -0.4 is 5.73 Å². The first-order valence-corrected chi connectivity index (χ1v) is 10.1. The van der Waals surface area contributed by atoms with Crippen LogP contribution in [0.3, 0.4) is 0 Å². The molecule has 0 heterocycles. The van der Waals surface area contributed by atoms with E-state index in [0.717, 1.165) is 15.6 Å². The second kappa shape index (κ2) is 6.26. The van der Waals surface area contributed by atoms with Crippen molar-refractivity contribution in [3.63, 3.8) is 0 Å². The van der Waals surface area contributed by atoms with Crippen LogP contribution in [0.1, 0.15) is 17.0 Å². The summed E-state index contributed by atoms with van der Waals surface area (Å²) in [6.45, 7) is 1.79. The van der Waals surface area contributed by atoms with Gasteiger partial charge in [0.15, 0.2) is 9.84 Å². The van der Waals surface area contributed by atoms with Crippen molar-refractivity contribution in [1.29, 1.82) is 0 Å². The van der Waals surface area contributed by atoms with Crippen molar-refractivity contribution in [2.75, 3.05) is 13.2 Å². The van der Waals surface area contributed by atoms with Gasteiger partial charge in [-0.2, -0.15) is 0 Å². The van der Waals surface area contributed by atoms with Crippen molar-refractivity contribution < 1.29 is 13.5 Å². The zero-order chi connectivity index (χ0) is 17.5. The molecule has 0 amide bonds. The number of hydrogen-bond donors (Lipinski definition) is 2. The molecule has 0 aliphatic heterocycles. The van der Waals surface area contributed by atoms with Crippen LogP contribution in [0.5, 0.6) is 0 Å². The van der Waals surface area contributed by atoms with E-state index in [9.17, 15) is 13.5 Å².